The lowest BCUT2D eigenvalue weighted by molar-refractivity contribution is 0.513. The van der Waals surface area contributed by atoms with E-state index in [2.05, 4.69) is 35.5 Å². The van der Waals surface area contributed by atoms with Crippen molar-refractivity contribution in [2.45, 2.75) is 39.3 Å². The smallest absolute Gasteiger partial charge is 0.0951 e. The van der Waals surface area contributed by atoms with Crippen LogP contribution in [-0.4, -0.2) is 9.55 Å². The van der Waals surface area contributed by atoms with Gasteiger partial charge in [-0.05, 0) is 32.9 Å². The molecule has 92 valence electrons. The predicted molar refractivity (Wildman–Crippen MR) is 72.3 cm³/mol. The maximum Gasteiger partial charge on any atom is 0.0951 e. The summed E-state index contributed by atoms with van der Waals surface area (Å²) in [5.74, 6) is 0. The number of aryl methyl sites for hydroxylation is 1. The van der Waals surface area contributed by atoms with Gasteiger partial charge in [-0.3, -0.25) is 0 Å². The Balaban J connectivity index is 2.14. The van der Waals surface area contributed by atoms with Crippen LogP contribution in [0.15, 0.2) is 24.7 Å². The van der Waals surface area contributed by atoms with Gasteiger partial charge in [0.05, 0.1) is 12.0 Å². The number of nitrogens with zero attached hydrogens (tertiary/aromatic N) is 2. The molecule has 0 spiro atoms. The van der Waals surface area contributed by atoms with Crippen LogP contribution < -0.4 is 5.73 Å². The summed E-state index contributed by atoms with van der Waals surface area (Å²) in [4.78, 5) is 6.98. The molecule has 0 fully saturated rings. The third kappa shape index (κ3) is 2.76. The summed E-state index contributed by atoms with van der Waals surface area (Å²) in [5.41, 5.74) is 7.04. The van der Waals surface area contributed by atoms with Crippen LogP contribution in [-0.2, 0) is 6.42 Å². The molecule has 0 radical (unpaired) electrons. The molecule has 0 aliphatic carbocycles. The third-order valence-electron chi connectivity index (χ3n) is 2.93. The van der Waals surface area contributed by atoms with Gasteiger partial charge in [0.2, 0.25) is 0 Å². The Morgan fingerprint density at radius 2 is 2.18 bits per heavy atom. The number of imidazole rings is 1. The molecular weight excluding hydrogens is 230 g/mol. The van der Waals surface area contributed by atoms with Gasteiger partial charge in [-0.25, -0.2) is 4.98 Å². The fraction of sp³-hybridized carbons (Fsp3) is 0.462. The molecule has 0 saturated carbocycles. The van der Waals surface area contributed by atoms with Crippen LogP contribution in [0.25, 0.3) is 0 Å². The first-order valence-corrected chi connectivity index (χ1v) is 6.72. The molecule has 0 aliphatic heterocycles. The van der Waals surface area contributed by atoms with Crippen LogP contribution >= 0.6 is 11.3 Å². The molecule has 1 unspecified atom stereocenters. The standard InChI is InChI=1S/C13H19N3S/c1-9(6-12-5-4-10(2)17-12)16-8-15-7-13(16)11(3)14/h4-5,7-9,11H,6,14H2,1-3H3/t9?,11-/m1/s1. The van der Waals surface area contributed by atoms with Crippen molar-refractivity contribution in [1.29, 1.82) is 0 Å². The van der Waals surface area contributed by atoms with Crippen molar-refractivity contribution >= 4 is 11.3 Å². The average Bonchev–Trinajstić information content (AvgIpc) is 2.86. The SMILES string of the molecule is Cc1ccc(CC(C)n2cncc2[C@@H](C)N)s1. The average molecular weight is 249 g/mol. The van der Waals surface area contributed by atoms with Crippen LogP contribution in [0.3, 0.4) is 0 Å². The number of hydrogen-bond donors (Lipinski definition) is 1. The molecule has 0 aliphatic rings. The fourth-order valence-corrected chi connectivity index (χ4v) is 3.03. The number of hydrogen-bond acceptors (Lipinski definition) is 3. The van der Waals surface area contributed by atoms with Crippen molar-refractivity contribution in [3.8, 4) is 0 Å². The predicted octanol–water partition coefficient (Wildman–Crippen LogP) is 3.08. The molecule has 0 amide bonds. The van der Waals surface area contributed by atoms with Crippen molar-refractivity contribution in [2.24, 2.45) is 5.73 Å². The van der Waals surface area contributed by atoms with E-state index in [1.165, 1.54) is 9.75 Å². The van der Waals surface area contributed by atoms with Gasteiger partial charge in [-0.2, -0.15) is 0 Å². The molecule has 2 atom stereocenters. The first kappa shape index (κ1) is 12.3. The second-order valence-corrected chi connectivity index (χ2v) is 5.95. The molecule has 2 heterocycles. The molecule has 0 bridgehead atoms. The molecule has 17 heavy (non-hydrogen) atoms. The summed E-state index contributed by atoms with van der Waals surface area (Å²) in [7, 11) is 0. The largest absolute Gasteiger partial charge is 0.330 e. The Morgan fingerprint density at radius 1 is 1.41 bits per heavy atom. The Hall–Kier alpha value is -1.13. The summed E-state index contributed by atoms with van der Waals surface area (Å²) in [6, 6.07) is 4.81. The van der Waals surface area contributed by atoms with E-state index >= 15 is 0 Å². The van der Waals surface area contributed by atoms with E-state index in [0.717, 1.165) is 12.1 Å². The molecule has 4 heteroatoms. The van der Waals surface area contributed by atoms with Gasteiger partial charge in [0.25, 0.3) is 0 Å². The third-order valence-corrected chi connectivity index (χ3v) is 3.95. The van der Waals surface area contributed by atoms with Gasteiger partial charge >= 0.3 is 0 Å². The monoisotopic (exact) mass is 249 g/mol. The molecule has 2 aromatic heterocycles. The van der Waals surface area contributed by atoms with E-state index in [1.807, 2.05) is 30.8 Å². The zero-order valence-corrected chi connectivity index (χ0v) is 11.4. The normalized spacial score (nSPS) is 14.8. The number of rotatable bonds is 4. The van der Waals surface area contributed by atoms with E-state index < -0.39 is 0 Å². The van der Waals surface area contributed by atoms with Gasteiger partial charge in [0.1, 0.15) is 0 Å². The number of nitrogens with two attached hydrogens (primary N) is 1. The van der Waals surface area contributed by atoms with E-state index in [1.54, 1.807) is 0 Å². The molecule has 2 N–H and O–H groups in total. The van der Waals surface area contributed by atoms with Gasteiger partial charge in [0, 0.05) is 34.5 Å². The van der Waals surface area contributed by atoms with Crippen molar-refractivity contribution in [3.05, 3.63) is 40.1 Å². The summed E-state index contributed by atoms with van der Waals surface area (Å²) >= 11 is 1.86. The second-order valence-electron chi connectivity index (χ2n) is 4.58. The van der Waals surface area contributed by atoms with E-state index in [4.69, 9.17) is 5.73 Å². The zero-order valence-electron chi connectivity index (χ0n) is 10.6. The molecule has 3 nitrogen and oxygen atoms in total. The zero-order chi connectivity index (χ0) is 12.4. The van der Waals surface area contributed by atoms with Crippen LogP contribution in [0.2, 0.25) is 0 Å². The summed E-state index contributed by atoms with van der Waals surface area (Å²) in [6.45, 7) is 6.35. The van der Waals surface area contributed by atoms with Gasteiger partial charge < -0.3 is 10.3 Å². The molecule has 0 saturated heterocycles. The molecule has 2 rings (SSSR count). The summed E-state index contributed by atoms with van der Waals surface area (Å²) < 4.78 is 2.18. The summed E-state index contributed by atoms with van der Waals surface area (Å²) in [5, 5.41) is 0. The lowest BCUT2D eigenvalue weighted by atomic mass is 10.2. The highest BCUT2D eigenvalue weighted by molar-refractivity contribution is 7.11. The lowest BCUT2D eigenvalue weighted by Gasteiger charge is -2.17. The van der Waals surface area contributed by atoms with E-state index in [-0.39, 0.29) is 6.04 Å². The van der Waals surface area contributed by atoms with Crippen molar-refractivity contribution in [1.82, 2.24) is 9.55 Å². The van der Waals surface area contributed by atoms with Crippen LogP contribution in [0, 0.1) is 6.92 Å². The summed E-state index contributed by atoms with van der Waals surface area (Å²) in [6.07, 6.45) is 4.78. The van der Waals surface area contributed by atoms with Crippen LogP contribution in [0.4, 0.5) is 0 Å². The maximum absolute atomic E-state index is 5.94. The Kier molecular flexibility index (Phi) is 3.64. The molecular formula is C13H19N3S. The minimum Gasteiger partial charge on any atom is -0.330 e. The highest BCUT2D eigenvalue weighted by Gasteiger charge is 2.13. The van der Waals surface area contributed by atoms with Crippen LogP contribution in [0.1, 0.15) is 41.4 Å². The lowest BCUT2D eigenvalue weighted by Crippen LogP contribution is -2.15. The quantitative estimate of drug-likeness (QED) is 0.905. The van der Waals surface area contributed by atoms with Gasteiger partial charge in [0.15, 0.2) is 0 Å². The fourth-order valence-electron chi connectivity index (χ4n) is 2.02. The Bertz CT molecular complexity index is 484. The second kappa shape index (κ2) is 5.02. The maximum atomic E-state index is 5.94. The van der Waals surface area contributed by atoms with E-state index in [0.29, 0.717) is 6.04 Å². The van der Waals surface area contributed by atoms with Crippen LogP contribution in [0.5, 0.6) is 0 Å². The van der Waals surface area contributed by atoms with Crippen molar-refractivity contribution < 1.29 is 0 Å². The minimum absolute atomic E-state index is 0.0324. The van der Waals surface area contributed by atoms with E-state index in [9.17, 15) is 0 Å². The Morgan fingerprint density at radius 3 is 2.76 bits per heavy atom. The first-order chi connectivity index (χ1) is 8.08. The van der Waals surface area contributed by atoms with Gasteiger partial charge in [-0.1, -0.05) is 0 Å². The Labute approximate surface area is 106 Å². The van der Waals surface area contributed by atoms with Gasteiger partial charge in [-0.15, -0.1) is 11.3 Å². The molecule has 2 aromatic rings. The number of aromatic nitrogens is 2. The highest BCUT2D eigenvalue weighted by Crippen LogP contribution is 2.23. The highest BCUT2D eigenvalue weighted by atomic mass is 32.1. The van der Waals surface area contributed by atoms with Crippen molar-refractivity contribution in [2.75, 3.05) is 0 Å². The topological polar surface area (TPSA) is 43.8 Å². The first-order valence-electron chi connectivity index (χ1n) is 5.90. The molecule has 0 aromatic carbocycles. The minimum atomic E-state index is 0.0324. The van der Waals surface area contributed by atoms with Crippen molar-refractivity contribution in [3.63, 3.8) is 0 Å². The number of thiophene rings is 1.